The molecular weight excluding hydrogens is 378 g/mol. The van der Waals surface area contributed by atoms with Gasteiger partial charge in [0.1, 0.15) is 0 Å². The first-order valence-corrected chi connectivity index (χ1v) is 12.0. The molecule has 0 saturated carbocycles. The van der Waals surface area contributed by atoms with Crippen molar-refractivity contribution in [2.45, 2.75) is 51.9 Å². The summed E-state index contributed by atoms with van der Waals surface area (Å²) in [5.41, 5.74) is 0.789. The molecule has 0 amide bonds. The number of rotatable bonds is 2. The average Bonchev–Trinajstić information content (AvgIpc) is 2.45. The number of hydrogen-bond acceptors (Lipinski definition) is 0. The molecule has 0 aliphatic rings. The summed E-state index contributed by atoms with van der Waals surface area (Å²) in [6.07, 6.45) is 0. The molecule has 0 fully saturated rings. The summed E-state index contributed by atoms with van der Waals surface area (Å²) in [5.74, 6) is 0. The Morgan fingerprint density at radius 2 is 1.14 bits per heavy atom. The van der Waals surface area contributed by atoms with Crippen molar-refractivity contribution in [3.05, 3.63) is 54.6 Å². The van der Waals surface area contributed by atoms with Gasteiger partial charge in [0.15, 0.2) is 0 Å². The van der Waals surface area contributed by atoms with Gasteiger partial charge in [0.2, 0.25) is 0 Å². The van der Waals surface area contributed by atoms with Gasteiger partial charge in [0.05, 0.1) is 0 Å². The third-order valence-corrected chi connectivity index (χ3v) is 17.7. The van der Waals surface area contributed by atoms with Gasteiger partial charge in [-0.1, -0.05) is 0 Å². The molecular formula is C20H28PPd. The van der Waals surface area contributed by atoms with Crippen LogP contribution in [-0.2, 0) is 18.7 Å². The summed E-state index contributed by atoms with van der Waals surface area (Å²) in [6.45, 7) is 14.3. The summed E-state index contributed by atoms with van der Waals surface area (Å²) in [6, 6.07) is 19.7. The Morgan fingerprint density at radius 1 is 0.682 bits per heavy atom. The minimum absolute atomic E-state index is 0.235. The van der Waals surface area contributed by atoms with E-state index >= 15 is 0 Å². The van der Waals surface area contributed by atoms with Crippen molar-refractivity contribution in [2.75, 3.05) is 0 Å². The van der Waals surface area contributed by atoms with Gasteiger partial charge < -0.3 is 0 Å². The van der Waals surface area contributed by atoms with Crippen LogP contribution in [-0.4, -0.2) is 10.3 Å². The molecule has 22 heavy (non-hydrogen) atoms. The molecule has 0 spiro atoms. The molecule has 0 radical (unpaired) electrons. The van der Waals surface area contributed by atoms with Crippen LogP contribution < -0.4 is 5.30 Å². The van der Waals surface area contributed by atoms with Crippen molar-refractivity contribution in [3.8, 4) is 11.1 Å². The van der Waals surface area contributed by atoms with Crippen LogP contribution in [0, 0.1) is 0 Å². The zero-order chi connectivity index (χ0) is 16.6. The van der Waals surface area contributed by atoms with E-state index in [1.165, 1.54) is 16.4 Å². The van der Waals surface area contributed by atoms with Gasteiger partial charge in [-0.2, -0.15) is 0 Å². The van der Waals surface area contributed by atoms with Crippen LogP contribution in [0.5, 0.6) is 0 Å². The van der Waals surface area contributed by atoms with Crippen molar-refractivity contribution in [2.24, 2.45) is 0 Å². The van der Waals surface area contributed by atoms with Crippen LogP contribution in [0.4, 0.5) is 0 Å². The molecule has 0 aromatic heterocycles. The second kappa shape index (κ2) is 6.20. The SMILES string of the molecule is CC(C)(C)[PH]([Pd])(c1ccccc1-c1ccccc1)C(C)(C)C. The van der Waals surface area contributed by atoms with Gasteiger partial charge >= 0.3 is 147 Å². The molecule has 0 nitrogen and oxygen atoms in total. The van der Waals surface area contributed by atoms with Crippen molar-refractivity contribution >= 4 is 10.8 Å². The summed E-state index contributed by atoms with van der Waals surface area (Å²) >= 11 is 3.97. The minimum atomic E-state index is -1.91. The van der Waals surface area contributed by atoms with Crippen LogP contribution in [0.3, 0.4) is 0 Å². The Morgan fingerprint density at radius 3 is 1.64 bits per heavy atom. The number of hydrogen-bond donors (Lipinski definition) is 0. The summed E-state index contributed by atoms with van der Waals surface area (Å²) in [5, 5.41) is 1.99. The predicted octanol–water partition coefficient (Wildman–Crippen LogP) is 5.79. The maximum absolute atomic E-state index is 3.97. The summed E-state index contributed by atoms with van der Waals surface area (Å²) in [4.78, 5) is 0. The Kier molecular flexibility index (Phi) is 5.04. The Labute approximate surface area is 146 Å². The van der Waals surface area contributed by atoms with E-state index in [2.05, 4.69) is 115 Å². The number of benzene rings is 2. The molecule has 2 aromatic carbocycles. The van der Waals surface area contributed by atoms with E-state index in [0.29, 0.717) is 0 Å². The van der Waals surface area contributed by atoms with E-state index in [-0.39, 0.29) is 10.3 Å². The molecule has 0 unspecified atom stereocenters. The van der Waals surface area contributed by atoms with Crippen LogP contribution in [0.1, 0.15) is 41.5 Å². The third kappa shape index (κ3) is 3.10. The Bertz CT molecular complexity index is 619. The maximum atomic E-state index is 3.97. The van der Waals surface area contributed by atoms with Crippen molar-refractivity contribution < 1.29 is 18.7 Å². The zero-order valence-corrected chi connectivity index (χ0v) is 17.1. The fraction of sp³-hybridized carbons (Fsp3) is 0.400. The first-order valence-electron chi connectivity index (χ1n) is 7.90. The molecule has 0 heterocycles. The van der Waals surface area contributed by atoms with Gasteiger partial charge in [-0.3, -0.25) is 0 Å². The summed E-state index contributed by atoms with van der Waals surface area (Å²) < 4.78 is 0. The zero-order valence-electron chi connectivity index (χ0n) is 14.5. The normalized spacial score (nSPS) is 14.0. The first-order chi connectivity index (χ1) is 10.1. The second-order valence-electron chi connectivity index (χ2n) is 8.02. The summed E-state index contributed by atoms with van der Waals surface area (Å²) in [7, 11) is 0. The standard InChI is InChI=1S/C20H27P.Pd/c1-19(2,3)21(20(4,5)6)18-15-11-10-14-17(18)16-12-8-7-9-13-16;/h7-15H,1-6H3;/q;-1/p+1. The molecule has 0 N–H and O–H groups in total. The van der Waals surface area contributed by atoms with Crippen LogP contribution in [0.2, 0.25) is 0 Å². The van der Waals surface area contributed by atoms with E-state index in [1.54, 1.807) is 0 Å². The van der Waals surface area contributed by atoms with Gasteiger partial charge in [-0.05, 0) is 0 Å². The Hall–Kier alpha value is -0.468. The van der Waals surface area contributed by atoms with E-state index < -0.39 is 5.45 Å². The van der Waals surface area contributed by atoms with Gasteiger partial charge in [-0.25, -0.2) is 0 Å². The molecule has 2 rings (SSSR count). The molecule has 0 bridgehead atoms. The van der Waals surface area contributed by atoms with Gasteiger partial charge in [0.25, 0.3) is 0 Å². The van der Waals surface area contributed by atoms with E-state index in [1.807, 2.05) is 0 Å². The topological polar surface area (TPSA) is 0 Å². The van der Waals surface area contributed by atoms with E-state index in [9.17, 15) is 0 Å². The molecule has 0 atom stereocenters. The van der Waals surface area contributed by atoms with Crippen LogP contribution in [0.25, 0.3) is 11.1 Å². The fourth-order valence-corrected chi connectivity index (χ4v) is 9.35. The predicted molar refractivity (Wildman–Crippen MR) is 99.3 cm³/mol. The monoisotopic (exact) mass is 405 g/mol. The van der Waals surface area contributed by atoms with E-state index in [4.69, 9.17) is 0 Å². The van der Waals surface area contributed by atoms with Crippen molar-refractivity contribution in [1.82, 2.24) is 0 Å². The average molecular weight is 406 g/mol. The van der Waals surface area contributed by atoms with Gasteiger partial charge in [-0.15, -0.1) is 0 Å². The van der Waals surface area contributed by atoms with Crippen LogP contribution >= 0.6 is 5.45 Å². The molecule has 123 valence electrons. The molecule has 0 saturated heterocycles. The molecule has 0 aliphatic carbocycles. The third-order valence-electron chi connectivity index (χ3n) is 4.34. The first kappa shape index (κ1) is 17.9. The fourth-order valence-electron chi connectivity index (χ4n) is 3.57. The van der Waals surface area contributed by atoms with Crippen molar-refractivity contribution in [1.29, 1.82) is 0 Å². The molecule has 0 aliphatic heterocycles. The molecule has 2 heteroatoms. The van der Waals surface area contributed by atoms with Crippen LogP contribution in [0.15, 0.2) is 54.6 Å². The quantitative estimate of drug-likeness (QED) is 0.438. The molecule has 2 aromatic rings. The van der Waals surface area contributed by atoms with Gasteiger partial charge in [0, 0.05) is 0 Å². The van der Waals surface area contributed by atoms with E-state index in [0.717, 1.165) is 0 Å². The van der Waals surface area contributed by atoms with Crippen molar-refractivity contribution in [3.63, 3.8) is 0 Å². The second-order valence-corrected chi connectivity index (χ2v) is 16.3. The Balaban J connectivity index is 2.76.